The van der Waals surface area contributed by atoms with E-state index in [2.05, 4.69) is 22.0 Å². The second-order valence-electron chi connectivity index (χ2n) is 7.68. The molecule has 1 N–H and O–H groups in total. The Morgan fingerprint density at radius 2 is 1.85 bits per heavy atom. The highest BCUT2D eigenvalue weighted by atomic mass is 16.2. The number of nitrogens with one attached hydrogen (secondary N) is 1. The molecule has 2 aliphatic rings. The van der Waals surface area contributed by atoms with Crippen LogP contribution >= 0.6 is 0 Å². The van der Waals surface area contributed by atoms with Crippen molar-refractivity contribution in [1.29, 1.82) is 0 Å². The first kappa shape index (κ1) is 17.3. The topological polar surface area (TPSA) is 65.1 Å². The van der Waals surface area contributed by atoms with Gasteiger partial charge < -0.3 is 9.80 Å². The minimum atomic E-state index is 0.0615. The zero-order valence-corrected chi connectivity index (χ0v) is 15.7. The second kappa shape index (κ2) is 7.64. The molecule has 2 aromatic heterocycles. The maximum atomic E-state index is 12.9. The Balaban J connectivity index is 1.53. The lowest BCUT2D eigenvalue weighted by Crippen LogP contribution is -2.38. The standard InChI is InChI=1S/C20H29N5O/c1-2-15-9-13-25(14-10-15)20(26)18-16-7-8-17(21-19(16)23-22-18)24-11-5-3-4-6-12-24/h7-8,15H,2-6,9-14H2,1H3,(H,21,22,23). The van der Waals surface area contributed by atoms with E-state index in [0.29, 0.717) is 11.3 Å². The Bertz CT molecular complexity index is 755. The predicted molar refractivity (Wildman–Crippen MR) is 103 cm³/mol. The molecule has 2 saturated heterocycles. The number of anilines is 1. The van der Waals surface area contributed by atoms with E-state index in [4.69, 9.17) is 4.98 Å². The number of carbonyl (C=O) groups excluding carboxylic acids is 1. The predicted octanol–water partition coefficient (Wildman–Crippen LogP) is 3.60. The molecule has 4 heterocycles. The average molecular weight is 355 g/mol. The molecule has 0 aromatic carbocycles. The van der Waals surface area contributed by atoms with Crippen LogP contribution in [0.15, 0.2) is 12.1 Å². The van der Waals surface area contributed by atoms with Gasteiger partial charge in [0.2, 0.25) is 0 Å². The zero-order chi connectivity index (χ0) is 17.9. The van der Waals surface area contributed by atoms with Gasteiger partial charge in [0.25, 0.3) is 5.91 Å². The van der Waals surface area contributed by atoms with E-state index < -0.39 is 0 Å². The fourth-order valence-electron chi connectivity index (χ4n) is 4.23. The van der Waals surface area contributed by atoms with Crippen LogP contribution in [0.5, 0.6) is 0 Å². The fourth-order valence-corrected chi connectivity index (χ4v) is 4.23. The smallest absolute Gasteiger partial charge is 0.272 e. The van der Waals surface area contributed by atoms with Crippen molar-refractivity contribution in [2.45, 2.75) is 51.9 Å². The molecule has 2 aromatic rings. The Labute approximate surface area is 155 Å². The summed E-state index contributed by atoms with van der Waals surface area (Å²) in [4.78, 5) is 22.0. The number of pyridine rings is 1. The summed E-state index contributed by atoms with van der Waals surface area (Å²) in [5.41, 5.74) is 1.24. The Hall–Kier alpha value is -2.11. The Morgan fingerprint density at radius 1 is 1.12 bits per heavy atom. The van der Waals surface area contributed by atoms with Crippen molar-refractivity contribution >= 4 is 22.8 Å². The molecule has 6 heteroatoms. The third kappa shape index (κ3) is 3.41. The number of amides is 1. The molecule has 0 unspecified atom stereocenters. The maximum absolute atomic E-state index is 12.9. The highest BCUT2D eigenvalue weighted by Crippen LogP contribution is 2.25. The molecule has 6 nitrogen and oxygen atoms in total. The molecule has 2 fully saturated rings. The summed E-state index contributed by atoms with van der Waals surface area (Å²) < 4.78 is 0. The summed E-state index contributed by atoms with van der Waals surface area (Å²) in [7, 11) is 0. The van der Waals surface area contributed by atoms with Gasteiger partial charge in [-0.05, 0) is 43.7 Å². The number of likely N-dealkylation sites (tertiary alicyclic amines) is 1. The van der Waals surface area contributed by atoms with Gasteiger partial charge in [-0.1, -0.05) is 26.2 Å². The molecule has 0 atom stereocenters. The van der Waals surface area contributed by atoms with Crippen molar-refractivity contribution in [3.8, 4) is 0 Å². The molecule has 0 aliphatic carbocycles. The van der Waals surface area contributed by atoms with Gasteiger partial charge in [-0.3, -0.25) is 9.89 Å². The van der Waals surface area contributed by atoms with Crippen molar-refractivity contribution in [1.82, 2.24) is 20.1 Å². The van der Waals surface area contributed by atoms with Crippen molar-refractivity contribution < 1.29 is 4.79 Å². The van der Waals surface area contributed by atoms with Gasteiger partial charge in [0.05, 0.1) is 5.39 Å². The van der Waals surface area contributed by atoms with E-state index in [1.807, 2.05) is 17.0 Å². The Morgan fingerprint density at radius 3 is 2.54 bits per heavy atom. The van der Waals surface area contributed by atoms with Crippen molar-refractivity contribution in [2.24, 2.45) is 5.92 Å². The lowest BCUT2D eigenvalue weighted by Gasteiger charge is -2.31. The van der Waals surface area contributed by atoms with Gasteiger partial charge in [0.15, 0.2) is 5.65 Å². The highest BCUT2D eigenvalue weighted by molar-refractivity contribution is 6.04. The first-order valence-corrected chi connectivity index (χ1v) is 10.2. The lowest BCUT2D eigenvalue weighted by atomic mass is 9.94. The average Bonchev–Trinajstić information content (AvgIpc) is 2.92. The van der Waals surface area contributed by atoms with E-state index in [0.717, 1.165) is 56.1 Å². The summed E-state index contributed by atoms with van der Waals surface area (Å²) in [5.74, 6) is 1.80. The first-order valence-electron chi connectivity index (χ1n) is 10.2. The number of piperidine rings is 1. The quantitative estimate of drug-likeness (QED) is 0.913. The molecule has 1 amide bonds. The monoisotopic (exact) mass is 355 g/mol. The molecule has 0 bridgehead atoms. The van der Waals surface area contributed by atoms with E-state index in [1.165, 1.54) is 32.1 Å². The molecule has 0 saturated carbocycles. The fraction of sp³-hybridized carbons (Fsp3) is 0.650. The second-order valence-corrected chi connectivity index (χ2v) is 7.68. The van der Waals surface area contributed by atoms with Crippen LogP contribution in [-0.4, -0.2) is 52.2 Å². The molecule has 140 valence electrons. The molecule has 2 aliphatic heterocycles. The van der Waals surface area contributed by atoms with Crippen LogP contribution in [0.4, 0.5) is 5.82 Å². The van der Waals surface area contributed by atoms with Gasteiger partial charge in [0.1, 0.15) is 11.5 Å². The molecule has 26 heavy (non-hydrogen) atoms. The van der Waals surface area contributed by atoms with Gasteiger partial charge in [-0.15, -0.1) is 0 Å². The largest absolute Gasteiger partial charge is 0.357 e. The summed E-state index contributed by atoms with van der Waals surface area (Å²) in [6.07, 6.45) is 8.45. The van der Waals surface area contributed by atoms with E-state index >= 15 is 0 Å². The summed E-state index contributed by atoms with van der Waals surface area (Å²) in [6.45, 7) is 6.04. The zero-order valence-electron chi connectivity index (χ0n) is 15.7. The maximum Gasteiger partial charge on any atom is 0.272 e. The summed E-state index contributed by atoms with van der Waals surface area (Å²) >= 11 is 0. The third-order valence-electron chi connectivity index (χ3n) is 6.03. The van der Waals surface area contributed by atoms with E-state index in [1.54, 1.807) is 0 Å². The molecule has 0 spiro atoms. The van der Waals surface area contributed by atoms with E-state index in [9.17, 15) is 4.79 Å². The lowest BCUT2D eigenvalue weighted by molar-refractivity contribution is 0.0684. The van der Waals surface area contributed by atoms with Gasteiger partial charge in [-0.25, -0.2) is 4.98 Å². The van der Waals surface area contributed by atoms with Crippen LogP contribution < -0.4 is 4.90 Å². The normalized spacial score (nSPS) is 19.7. The number of carbonyl (C=O) groups is 1. The minimum absolute atomic E-state index is 0.0615. The van der Waals surface area contributed by atoms with Gasteiger partial charge in [-0.2, -0.15) is 5.10 Å². The number of hydrogen-bond acceptors (Lipinski definition) is 4. The van der Waals surface area contributed by atoms with Crippen LogP contribution in [0.1, 0.15) is 62.4 Å². The van der Waals surface area contributed by atoms with E-state index in [-0.39, 0.29) is 5.91 Å². The number of hydrogen-bond donors (Lipinski definition) is 1. The van der Waals surface area contributed by atoms with Crippen LogP contribution in [-0.2, 0) is 0 Å². The number of aromatic amines is 1. The third-order valence-corrected chi connectivity index (χ3v) is 6.03. The summed E-state index contributed by atoms with van der Waals surface area (Å²) in [6, 6.07) is 4.06. The molecule has 0 radical (unpaired) electrons. The number of fused-ring (bicyclic) bond motifs is 1. The minimum Gasteiger partial charge on any atom is -0.357 e. The SMILES string of the molecule is CCC1CCN(C(=O)c2[nH]nc3nc(N4CCCCCC4)ccc23)CC1. The number of aromatic nitrogens is 3. The van der Waals surface area contributed by atoms with Crippen LogP contribution in [0.3, 0.4) is 0 Å². The summed E-state index contributed by atoms with van der Waals surface area (Å²) in [5, 5.41) is 8.13. The van der Waals surface area contributed by atoms with Crippen LogP contribution in [0.2, 0.25) is 0 Å². The van der Waals surface area contributed by atoms with Crippen molar-refractivity contribution in [2.75, 3.05) is 31.1 Å². The molecular formula is C20H29N5O. The van der Waals surface area contributed by atoms with Crippen LogP contribution in [0, 0.1) is 5.92 Å². The number of H-pyrrole nitrogens is 1. The first-order chi connectivity index (χ1) is 12.8. The number of nitrogens with zero attached hydrogens (tertiary/aromatic N) is 4. The van der Waals surface area contributed by atoms with Crippen molar-refractivity contribution in [3.63, 3.8) is 0 Å². The van der Waals surface area contributed by atoms with Gasteiger partial charge >= 0.3 is 0 Å². The van der Waals surface area contributed by atoms with Gasteiger partial charge in [0, 0.05) is 26.2 Å². The number of rotatable bonds is 3. The molecular weight excluding hydrogens is 326 g/mol. The Kier molecular flexibility index (Phi) is 5.09. The highest BCUT2D eigenvalue weighted by Gasteiger charge is 2.25. The van der Waals surface area contributed by atoms with Crippen molar-refractivity contribution in [3.05, 3.63) is 17.8 Å². The van der Waals surface area contributed by atoms with Crippen LogP contribution in [0.25, 0.3) is 11.0 Å². The molecule has 4 rings (SSSR count).